The summed E-state index contributed by atoms with van der Waals surface area (Å²) in [7, 11) is 0. The molecule has 0 aliphatic heterocycles. The van der Waals surface area contributed by atoms with Gasteiger partial charge in [-0.25, -0.2) is 0 Å². The third kappa shape index (κ3) is 2.54. The van der Waals surface area contributed by atoms with Gasteiger partial charge in [0.2, 0.25) is 0 Å². The van der Waals surface area contributed by atoms with E-state index in [-0.39, 0.29) is 17.0 Å². The summed E-state index contributed by atoms with van der Waals surface area (Å²) in [5.74, 6) is 0.782. The number of para-hydroxylation sites is 1. The molecule has 4 rings (SSSR count). The quantitative estimate of drug-likeness (QED) is 0.382. The first-order chi connectivity index (χ1) is 12.2. The molecule has 1 heterocycles. The van der Waals surface area contributed by atoms with Crippen molar-refractivity contribution in [2.24, 2.45) is 0 Å². The van der Waals surface area contributed by atoms with Gasteiger partial charge in [-0.3, -0.25) is 10.1 Å². The predicted octanol–water partition coefficient (Wildman–Crippen LogP) is 5.16. The number of non-ortho nitro benzene ring substituents is 1. The lowest BCUT2D eigenvalue weighted by Gasteiger charge is -2.07. The van der Waals surface area contributed by atoms with E-state index in [0.717, 1.165) is 21.9 Å². The molecule has 1 aromatic heterocycles. The molecule has 3 aromatic carbocycles. The van der Waals surface area contributed by atoms with Crippen molar-refractivity contribution < 1.29 is 14.1 Å². The summed E-state index contributed by atoms with van der Waals surface area (Å²) in [6.45, 7) is 0. The lowest BCUT2D eigenvalue weighted by Crippen LogP contribution is -1.92. The van der Waals surface area contributed by atoms with E-state index in [9.17, 15) is 15.4 Å². The number of nitro groups is 1. The van der Waals surface area contributed by atoms with Crippen molar-refractivity contribution in [3.8, 4) is 17.6 Å². The smallest absolute Gasteiger partial charge is 0.271 e. The first-order valence-electron chi connectivity index (χ1n) is 7.43. The van der Waals surface area contributed by atoms with E-state index in [2.05, 4.69) is 0 Å². The van der Waals surface area contributed by atoms with Gasteiger partial charge in [0.05, 0.1) is 4.92 Å². The lowest BCUT2D eigenvalue weighted by atomic mass is 10.1. The van der Waals surface area contributed by atoms with Gasteiger partial charge in [-0.05, 0) is 30.3 Å². The van der Waals surface area contributed by atoms with Crippen molar-refractivity contribution in [3.05, 3.63) is 76.3 Å². The van der Waals surface area contributed by atoms with E-state index in [1.54, 1.807) is 12.1 Å². The number of nitriles is 1. The van der Waals surface area contributed by atoms with Gasteiger partial charge in [0.15, 0.2) is 0 Å². The molecule has 0 radical (unpaired) electrons. The topological polar surface area (TPSA) is 89.3 Å². The molecule has 0 aliphatic carbocycles. The summed E-state index contributed by atoms with van der Waals surface area (Å²) in [5, 5.41) is 21.9. The van der Waals surface area contributed by atoms with Gasteiger partial charge in [-0.2, -0.15) is 5.26 Å². The van der Waals surface area contributed by atoms with Crippen LogP contribution in [0.3, 0.4) is 0 Å². The van der Waals surface area contributed by atoms with E-state index in [1.807, 2.05) is 36.4 Å². The fourth-order valence-electron chi connectivity index (χ4n) is 2.70. The van der Waals surface area contributed by atoms with Crippen molar-refractivity contribution in [2.75, 3.05) is 0 Å². The van der Waals surface area contributed by atoms with Crippen LogP contribution in [-0.4, -0.2) is 4.92 Å². The Morgan fingerprint density at radius 1 is 1.00 bits per heavy atom. The largest absolute Gasteiger partial charge is 0.456 e. The van der Waals surface area contributed by atoms with Crippen molar-refractivity contribution in [2.45, 2.75) is 0 Å². The molecular weight excluding hydrogens is 320 g/mol. The minimum absolute atomic E-state index is 0.103. The Morgan fingerprint density at radius 3 is 2.60 bits per heavy atom. The molecule has 6 nitrogen and oxygen atoms in total. The van der Waals surface area contributed by atoms with Crippen LogP contribution in [-0.2, 0) is 0 Å². The molecule has 0 saturated carbocycles. The minimum atomic E-state index is -0.547. The zero-order valence-electron chi connectivity index (χ0n) is 12.8. The fourth-order valence-corrected chi connectivity index (χ4v) is 2.70. The Hall–Kier alpha value is -3.85. The lowest BCUT2D eigenvalue weighted by molar-refractivity contribution is -0.384. The summed E-state index contributed by atoms with van der Waals surface area (Å²) < 4.78 is 11.5. The molecule has 25 heavy (non-hydrogen) atoms. The zero-order chi connectivity index (χ0) is 17.4. The molecule has 0 N–H and O–H groups in total. The number of fused-ring (bicyclic) bond motifs is 3. The fraction of sp³-hybridized carbons (Fsp3) is 0. The zero-order valence-corrected chi connectivity index (χ0v) is 12.8. The third-order valence-electron chi connectivity index (χ3n) is 3.87. The normalized spacial score (nSPS) is 10.7. The summed E-state index contributed by atoms with van der Waals surface area (Å²) in [4.78, 5) is 10.3. The number of rotatable bonds is 3. The molecular formula is C19H10N2O4. The van der Waals surface area contributed by atoms with Crippen molar-refractivity contribution >= 4 is 27.6 Å². The maximum atomic E-state index is 10.8. The highest BCUT2D eigenvalue weighted by Gasteiger charge is 2.13. The Kier molecular flexibility index (Phi) is 3.33. The van der Waals surface area contributed by atoms with Crippen LogP contribution in [0.5, 0.6) is 11.5 Å². The summed E-state index contributed by atoms with van der Waals surface area (Å²) in [6.07, 6.45) is 0. The van der Waals surface area contributed by atoms with E-state index >= 15 is 0 Å². The molecule has 0 spiro atoms. The molecule has 0 amide bonds. The number of nitro benzene ring substituents is 1. The van der Waals surface area contributed by atoms with Crippen LogP contribution in [0, 0.1) is 21.4 Å². The Bertz CT molecular complexity index is 1170. The summed E-state index contributed by atoms with van der Waals surface area (Å²) in [6, 6.07) is 18.9. The number of benzene rings is 3. The first kappa shape index (κ1) is 14.7. The van der Waals surface area contributed by atoms with Crippen molar-refractivity contribution in [1.29, 1.82) is 5.26 Å². The van der Waals surface area contributed by atoms with Gasteiger partial charge in [-0.15, -0.1) is 0 Å². The predicted molar refractivity (Wildman–Crippen MR) is 91.6 cm³/mol. The molecule has 0 unspecified atom stereocenters. The second-order valence-corrected chi connectivity index (χ2v) is 5.41. The molecule has 0 bridgehead atoms. The molecule has 6 heteroatoms. The van der Waals surface area contributed by atoms with Gasteiger partial charge < -0.3 is 9.15 Å². The Labute approximate surface area is 141 Å². The van der Waals surface area contributed by atoms with E-state index in [1.165, 1.54) is 18.2 Å². The maximum absolute atomic E-state index is 10.8. The molecule has 0 atom stereocenters. The average Bonchev–Trinajstić information content (AvgIpc) is 3.00. The number of furan rings is 1. The molecule has 120 valence electrons. The van der Waals surface area contributed by atoms with Gasteiger partial charge in [0.25, 0.3) is 5.69 Å². The van der Waals surface area contributed by atoms with Gasteiger partial charge in [0.1, 0.15) is 34.3 Å². The van der Waals surface area contributed by atoms with Crippen molar-refractivity contribution in [3.63, 3.8) is 0 Å². The highest BCUT2D eigenvalue weighted by Crippen LogP contribution is 2.34. The van der Waals surface area contributed by atoms with Gasteiger partial charge in [-0.1, -0.05) is 18.2 Å². The molecule has 0 aliphatic rings. The first-order valence-corrected chi connectivity index (χ1v) is 7.43. The number of nitrogens with zero attached hydrogens (tertiary/aromatic N) is 2. The SMILES string of the molecule is N#Cc1cc([N+](=O)[O-])ccc1Oc1ccc2oc3ccccc3c2c1. The monoisotopic (exact) mass is 330 g/mol. The van der Waals surface area contributed by atoms with Gasteiger partial charge in [0, 0.05) is 22.9 Å². The summed E-state index contributed by atoms with van der Waals surface area (Å²) in [5.41, 5.74) is 1.46. The van der Waals surface area contributed by atoms with Crippen LogP contribution >= 0.6 is 0 Å². The standard InChI is InChI=1S/C19H10N2O4/c20-11-12-9-13(21(22)23)5-7-17(12)24-14-6-8-19-16(10-14)15-3-1-2-4-18(15)25-19/h1-10H. The van der Waals surface area contributed by atoms with Crippen LogP contribution in [0.15, 0.2) is 65.1 Å². The van der Waals surface area contributed by atoms with Crippen LogP contribution < -0.4 is 4.74 Å². The van der Waals surface area contributed by atoms with Crippen LogP contribution in [0.25, 0.3) is 21.9 Å². The second-order valence-electron chi connectivity index (χ2n) is 5.41. The average molecular weight is 330 g/mol. The number of hydrogen-bond donors (Lipinski definition) is 0. The number of ether oxygens (including phenoxy) is 1. The minimum Gasteiger partial charge on any atom is -0.456 e. The summed E-state index contributed by atoms with van der Waals surface area (Å²) >= 11 is 0. The van der Waals surface area contributed by atoms with E-state index in [0.29, 0.717) is 5.75 Å². The second kappa shape index (κ2) is 5.65. The number of hydrogen-bond acceptors (Lipinski definition) is 5. The van der Waals surface area contributed by atoms with Crippen molar-refractivity contribution in [1.82, 2.24) is 0 Å². The molecule has 4 aromatic rings. The van der Waals surface area contributed by atoms with E-state index < -0.39 is 4.92 Å². The highest BCUT2D eigenvalue weighted by atomic mass is 16.6. The van der Waals surface area contributed by atoms with Crippen LogP contribution in [0.1, 0.15) is 5.56 Å². The maximum Gasteiger partial charge on any atom is 0.271 e. The third-order valence-corrected chi connectivity index (χ3v) is 3.87. The van der Waals surface area contributed by atoms with E-state index in [4.69, 9.17) is 9.15 Å². The highest BCUT2D eigenvalue weighted by molar-refractivity contribution is 6.05. The Morgan fingerprint density at radius 2 is 1.80 bits per heavy atom. The molecule has 0 saturated heterocycles. The molecule has 0 fully saturated rings. The Balaban J connectivity index is 1.77. The van der Waals surface area contributed by atoms with Crippen LogP contribution in [0.4, 0.5) is 5.69 Å². The van der Waals surface area contributed by atoms with Gasteiger partial charge >= 0.3 is 0 Å². The van der Waals surface area contributed by atoms with Crippen LogP contribution in [0.2, 0.25) is 0 Å².